The molecule has 0 radical (unpaired) electrons. The zero-order chi connectivity index (χ0) is 24.5. The van der Waals surface area contributed by atoms with Crippen LogP contribution in [-0.4, -0.2) is 34.8 Å². The first-order chi connectivity index (χ1) is 16.3. The molecule has 34 heavy (non-hydrogen) atoms. The second kappa shape index (κ2) is 12.1. The minimum absolute atomic E-state index is 0.0123. The van der Waals surface area contributed by atoms with E-state index in [2.05, 4.69) is 19.2 Å². The summed E-state index contributed by atoms with van der Waals surface area (Å²) in [6.07, 6.45) is 1.60. The Bertz CT molecular complexity index is 1030. The summed E-state index contributed by atoms with van der Waals surface area (Å²) in [6, 6.07) is 21.1. The van der Waals surface area contributed by atoms with Crippen molar-refractivity contribution >= 4 is 17.6 Å². The van der Waals surface area contributed by atoms with Crippen LogP contribution in [0.5, 0.6) is 0 Å². The Morgan fingerprint density at radius 2 is 1.56 bits per heavy atom. The summed E-state index contributed by atoms with van der Waals surface area (Å²) in [5.74, 6) is 1.21. The van der Waals surface area contributed by atoms with E-state index in [9.17, 15) is 9.59 Å². The standard InChI is InChI=1S/C28H35N3O3/c1-21(2)17-31(28(33)29-25-14-12-24(13-15-25)22(3)4)20-27(32)30(19-26-11-8-16-34-26)18-23-9-6-5-7-10-23/h5-16,21-22H,17-20H2,1-4H3,(H,29,33). The summed E-state index contributed by atoms with van der Waals surface area (Å²) in [6.45, 7) is 9.58. The van der Waals surface area contributed by atoms with Gasteiger partial charge < -0.3 is 19.5 Å². The van der Waals surface area contributed by atoms with Crippen LogP contribution >= 0.6 is 0 Å². The maximum absolute atomic E-state index is 13.4. The molecule has 0 unspecified atom stereocenters. The number of furan rings is 1. The fourth-order valence-corrected chi connectivity index (χ4v) is 3.70. The molecule has 2 aromatic carbocycles. The van der Waals surface area contributed by atoms with Gasteiger partial charge in [0.15, 0.2) is 0 Å². The minimum Gasteiger partial charge on any atom is -0.467 e. The van der Waals surface area contributed by atoms with E-state index in [1.165, 1.54) is 5.56 Å². The van der Waals surface area contributed by atoms with Crippen LogP contribution in [0.15, 0.2) is 77.4 Å². The Morgan fingerprint density at radius 1 is 0.853 bits per heavy atom. The van der Waals surface area contributed by atoms with Gasteiger partial charge in [0, 0.05) is 18.8 Å². The molecule has 0 saturated carbocycles. The third-order valence-corrected chi connectivity index (χ3v) is 5.52. The van der Waals surface area contributed by atoms with Crippen LogP contribution in [0.3, 0.4) is 0 Å². The van der Waals surface area contributed by atoms with Crippen molar-refractivity contribution in [3.8, 4) is 0 Å². The Labute approximate surface area is 202 Å². The van der Waals surface area contributed by atoms with Gasteiger partial charge in [-0.25, -0.2) is 4.79 Å². The van der Waals surface area contributed by atoms with Crippen LogP contribution in [0.2, 0.25) is 0 Å². The SMILES string of the molecule is CC(C)CN(CC(=O)N(Cc1ccccc1)Cc1ccco1)C(=O)Nc1ccc(C(C)C)cc1. The van der Waals surface area contributed by atoms with E-state index in [1.807, 2.05) is 80.6 Å². The number of carbonyl (C=O) groups is 2. The van der Waals surface area contributed by atoms with Crippen molar-refractivity contribution in [2.45, 2.75) is 46.7 Å². The van der Waals surface area contributed by atoms with E-state index in [4.69, 9.17) is 4.42 Å². The van der Waals surface area contributed by atoms with E-state index >= 15 is 0 Å². The molecule has 6 heteroatoms. The molecule has 0 atom stereocenters. The van der Waals surface area contributed by atoms with Gasteiger partial charge in [-0.2, -0.15) is 0 Å². The summed E-state index contributed by atoms with van der Waals surface area (Å²) in [4.78, 5) is 29.8. The number of nitrogens with one attached hydrogen (secondary N) is 1. The first-order valence-electron chi connectivity index (χ1n) is 11.8. The summed E-state index contributed by atoms with van der Waals surface area (Å²) in [5.41, 5.74) is 2.95. The molecule has 0 bridgehead atoms. The Morgan fingerprint density at radius 3 is 2.15 bits per heavy atom. The van der Waals surface area contributed by atoms with Crippen LogP contribution in [0.25, 0.3) is 0 Å². The number of benzene rings is 2. The maximum Gasteiger partial charge on any atom is 0.322 e. The molecule has 1 N–H and O–H groups in total. The van der Waals surface area contributed by atoms with Gasteiger partial charge in [-0.05, 0) is 47.2 Å². The summed E-state index contributed by atoms with van der Waals surface area (Å²) in [7, 11) is 0. The van der Waals surface area contributed by atoms with Crippen LogP contribution in [0.4, 0.5) is 10.5 Å². The number of rotatable bonds is 10. The lowest BCUT2D eigenvalue weighted by atomic mass is 10.0. The highest BCUT2D eigenvalue weighted by atomic mass is 16.3. The lowest BCUT2D eigenvalue weighted by molar-refractivity contribution is -0.133. The van der Waals surface area contributed by atoms with Gasteiger partial charge in [0.1, 0.15) is 12.3 Å². The Balaban J connectivity index is 1.73. The van der Waals surface area contributed by atoms with Crippen molar-refractivity contribution in [1.29, 1.82) is 0 Å². The van der Waals surface area contributed by atoms with Crippen molar-refractivity contribution in [1.82, 2.24) is 9.80 Å². The van der Waals surface area contributed by atoms with Crippen LogP contribution in [0, 0.1) is 5.92 Å². The average Bonchev–Trinajstić information content (AvgIpc) is 3.32. The number of hydrogen-bond donors (Lipinski definition) is 1. The molecule has 0 saturated heterocycles. The van der Waals surface area contributed by atoms with E-state index in [0.717, 1.165) is 5.56 Å². The van der Waals surface area contributed by atoms with E-state index < -0.39 is 0 Å². The topological polar surface area (TPSA) is 65.8 Å². The summed E-state index contributed by atoms with van der Waals surface area (Å²) in [5, 5.41) is 2.95. The summed E-state index contributed by atoms with van der Waals surface area (Å²) < 4.78 is 5.49. The van der Waals surface area contributed by atoms with Crippen LogP contribution in [-0.2, 0) is 17.9 Å². The fourth-order valence-electron chi connectivity index (χ4n) is 3.70. The molecular weight excluding hydrogens is 426 g/mol. The number of carbonyl (C=O) groups excluding carboxylic acids is 2. The first kappa shape index (κ1) is 25.1. The van der Waals surface area contributed by atoms with Crippen molar-refractivity contribution in [2.24, 2.45) is 5.92 Å². The highest BCUT2D eigenvalue weighted by molar-refractivity contribution is 5.92. The molecule has 3 amide bonds. The second-order valence-corrected chi connectivity index (χ2v) is 9.30. The quantitative estimate of drug-likeness (QED) is 0.395. The van der Waals surface area contributed by atoms with Gasteiger partial charge in [0.2, 0.25) is 5.91 Å². The highest BCUT2D eigenvalue weighted by Gasteiger charge is 2.23. The van der Waals surface area contributed by atoms with Crippen LogP contribution in [0.1, 0.15) is 50.5 Å². The number of amides is 3. The molecule has 1 aromatic heterocycles. The molecule has 6 nitrogen and oxygen atoms in total. The number of anilines is 1. The largest absolute Gasteiger partial charge is 0.467 e. The smallest absolute Gasteiger partial charge is 0.322 e. The molecule has 0 spiro atoms. The third-order valence-electron chi connectivity index (χ3n) is 5.52. The van der Waals surface area contributed by atoms with Gasteiger partial charge in [0.25, 0.3) is 0 Å². The minimum atomic E-state index is -0.281. The molecule has 1 heterocycles. The van der Waals surface area contributed by atoms with Crippen molar-refractivity contribution in [3.63, 3.8) is 0 Å². The van der Waals surface area contributed by atoms with E-state index in [0.29, 0.717) is 37.0 Å². The molecule has 0 aliphatic carbocycles. The maximum atomic E-state index is 13.4. The zero-order valence-corrected chi connectivity index (χ0v) is 20.5. The van der Waals surface area contributed by atoms with E-state index in [-0.39, 0.29) is 24.4 Å². The fraction of sp³-hybridized carbons (Fsp3) is 0.357. The third kappa shape index (κ3) is 7.51. The molecular formula is C28H35N3O3. The lowest BCUT2D eigenvalue weighted by Gasteiger charge is -2.28. The predicted molar refractivity (Wildman–Crippen MR) is 135 cm³/mol. The molecule has 0 fully saturated rings. The average molecular weight is 462 g/mol. The summed E-state index contributed by atoms with van der Waals surface area (Å²) >= 11 is 0. The van der Waals surface area contributed by atoms with Crippen molar-refractivity contribution in [2.75, 3.05) is 18.4 Å². The van der Waals surface area contributed by atoms with Gasteiger partial charge >= 0.3 is 6.03 Å². The lowest BCUT2D eigenvalue weighted by Crippen LogP contribution is -2.45. The number of nitrogens with zero attached hydrogens (tertiary/aromatic N) is 2. The monoisotopic (exact) mass is 461 g/mol. The van der Waals surface area contributed by atoms with E-state index in [1.54, 1.807) is 16.1 Å². The Hall–Kier alpha value is -3.54. The van der Waals surface area contributed by atoms with Crippen molar-refractivity contribution in [3.05, 3.63) is 89.9 Å². The molecule has 180 valence electrons. The van der Waals surface area contributed by atoms with Gasteiger partial charge in [-0.3, -0.25) is 4.79 Å². The number of hydrogen-bond acceptors (Lipinski definition) is 3. The zero-order valence-electron chi connectivity index (χ0n) is 20.5. The Kier molecular flexibility index (Phi) is 8.91. The van der Waals surface area contributed by atoms with Gasteiger partial charge in [-0.1, -0.05) is 70.2 Å². The van der Waals surface area contributed by atoms with Crippen molar-refractivity contribution < 1.29 is 14.0 Å². The number of urea groups is 1. The molecule has 0 aliphatic heterocycles. The molecule has 0 aliphatic rings. The molecule has 3 aromatic rings. The second-order valence-electron chi connectivity index (χ2n) is 9.30. The predicted octanol–water partition coefficient (Wildman–Crippen LogP) is 6.12. The first-order valence-corrected chi connectivity index (χ1v) is 11.8. The normalized spacial score (nSPS) is 11.0. The van der Waals surface area contributed by atoms with Gasteiger partial charge in [0.05, 0.1) is 12.8 Å². The highest BCUT2D eigenvalue weighted by Crippen LogP contribution is 2.18. The molecule has 3 rings (SSSR count). The van der Waals surface area contributed by atoms with Crippen LogP contribution < -0.4 is 5.32 Å². The van der Waals surface area contributed by atoms with Gasteiger partial charge in [-0.15, -0.1) is 0 Å².